The van der Waals surface area contributed by atoms with E-state index in [-0.39, 0.29) is 40.9 Å². The molecule has 9 rings (SSSR count). The van der Waals surface area contributed by atoms with E-state index in [9.17, 15) is 4.79 Å². The van der Waals surface area contributed by atoms with Crippen LogP contribution in [-0.4, -0.2) is 84.6 Å². The summed E-state index contributed by atoms with van der Waals surface area (Å²) in [7, 11) is 1.42. The number of carbonyl (C=O) groups excluding carboxylic acids is 1. The van der Waals surface area contributed by atoms with E-state index in [0.717, 1.165) is 57.4 Å². The van der Waals surface area contributed by atoms with Crippen LogP contribution in [-0.2, 0) is 14.0 Å². The molecular weight excluding hydrogens is 1040 g/mol. The number of hydrogen-bond donors (Lipinski definition) is 3. The number of carbonyl (C=O) groups is 1. The van der Waals surface area contributed by atoms with Crippen LogP contribution >= 0.6 is 38.5 Å². The summed E-state index contributed by atoms with van der Waals surface area (Å²) >= 11 is 5.61. The highest BCUT2D eigenvalue weighted by Crippen LogP contribution is 2.35. The summed E-state index contributed by atoms with van der Waals surface area (Å²) in [6.45, 7) is 23.7. The molecule has 0 unspecified atom stereocenters. The number of fused-ring (bicyclic) bond motifs is 4. The second-order valence-corrected chi connectivity index (χ2v) is 19.0. The minimum Gasteiger partial charge on any atom is -0.443 e. The number of pyridine rings is 4. The first-order valence-electron chi connectivity index (χ1n) is 21.4. The number of H-pyrrole nitrogens is 1. The predicted molar refractivity (Wildman–Crippen MR) is 306 cm³/mol. The lowest BCUT2D eigenvalue weighted by Gasteiger charge is -2.32. The van der Waals surface area contributed by atoms with Crippen molar-refractivity contribution in [2.24, 2.45) is 0 Å². The van der Waals surface area contributed by atoms with Gasteiger partial charge in [-0.3, -0.25) is 0 Å². The monoisotopic (exact) mass is 1120 g/mol. The van der Waals surface area contributed by atoms with E-state index in [1.807, 2.05) is 127 Å². The molecule has 0 saturated carbocycles. The molecule has 69 heavy (non-hydrogen) atoms. The Kier molecular flexibility index (Phi) is 24.5. The molecule has 1 aliphatic heterocycles. The van der Waals surface area contributed by atoms with E-state index >= 15 is 0 Å². The van der Waals surface area contributed by atoms with Crippen LogP contribution in [0.4, 0.5) is 16.4 Å². The van der Waals surface area contributed by atoms with Gasteiger partial charge in [0.15, 0.2) is 0 Å². The lowest BCUT2D eigenvalue weighted by molar-refractivity contribution is 0.00578. The van der Waals surface area contributed by atoms with Crippen LogP contribution in [0.5, 0.6) is 0 Å². The summed E-state index contributed by atoms with van der Waals surface area (Å²) in [5.74, 6) is 1.07. The Bertz CT molecular complexity index is 2820. The normalized spacial score (nSPS) is 12.9. The zero-order valence-electron chi connectivity index (χ0n) is 38.8. The van der Waals surface area contributed by atoms with Crippen molar-refractivity contribution in [3.63, 3.8) is 0 Å². The molecular formula is C53H75BBrIN9O4. The number of nitrogen functional groups attached to an aromatic ring is 2. The van der Waals surface area contributed by atoms with Gasteiger partial charge in [-0.05, 0) is 161 Å². The Balaban J connectivity index is 0.000000445. The fourth-order valence-electron chi connectivity index (χ4n) is 6.44. The average molecular weight is 1120 g/mol. The summed E-state index contributed by atoms with van der Waals surface area (Å²) in [4.78, 5) is 34.7. The second-order valence-electron chi connectivity index (χ2n) is 16.9. The number of para-hydroxylation sites is 2. The van der Waals surface area contributed by atoms with Crippen molar-refractivity contribution >= 4 is 108 Å². The number of aromatic amines is 1. The van der Waals surface area contributed by atoms with Crippen molar-refractivity contribution in [1.82, 2.24) is 34.4 Å². The minimum absolute atomic E-state index is 0. The highest BCUT2D eigenvalue weighted by Gasteiger charge is 2.44. The van der Waals surface area contributed by atoms with Gasteiger partial charge in [-0.2, -0.15) is 0 Å². The van der Waals surface area contributed by atoms with Crippen molar-refractivity contribution in [2.75, 3.05) is 31.1 Å². The van der Waals surface area contributed by atoms with Crippen LogP contribution in [0, 0.1) is 3.57 Å². The van der Waals surface area contributed by atoms with Gasteiger partial charge in [0.2, 0.25) is 0 Å². The Morgan fingerprint density at radius 1 is 0.754 bits per heavy atom. The molecule has 6 aromatic heterocycles. The highest BCUT2D eigenvalue weighted by atomic mass is 127. The van der Waals surface area contributed by atoms with Crippen LogP contribution in [0.3, 0.4) is 0 Å². The van der Waals surface area contributed by atoms with Gasteiger partial charge in [0.25, 0.3) is 0 Å². The summed E-state index contributed by atoms with van der Waals surface area (Å²) < 4.78 is 19.2. The van der Waals surface area contributed by atoms with Gasteiger partial charge in [-0.25, -0.2) is 29.3 Å². The maximum absolute atomic E-state index is 12.0. The Hall–Kier alpha value is -5.14. The van der Waals surface area contributed by atoms with Gasteiger partial charge in [-0.15, -0.1) is 0 Å². The average Bonchev–Trinajstić information content (AvgIpc) is 3.92. The number of nitrogens with two attached hydrogens (primary N) is 2. The van der Waals surface area contributed by atoms with Crippen LogP contribution in [0.15, 0.2) is 114 Å². The molecule has 7 heterocycles. The van der Waals surface area contributed by atoms with Gasteiger partial charge in [-0.1, -0.05) is 86.9 Å². The maximum atomic E-state index is 12.0. The second kappa shape index (κ2) is 27.3. The maximum Gasteiger partial charge on any atom is 0.488 e. The first-order valence-corrected chi connectivity index (χ1v) is 23.3. The Labute approximate surface area is 434 Å². The third-order valence-electron chi connectivity index (χ3n) is 10.7. The summed E-state index contributed by atoms with van der Waals surface area (Å²) in [5.41, 5.74) is 16.1. The summed E-state index contributed by atoms with van der Waals surface area (Å²) in [6, 6.07) is 27.4. The Morgan fingerprint density at radius 3 is 1.77 bits per heavy atom. The molecule has 5 N–H and O–H groups in total. The molecule has 16 heteroatoms. The van der Waals surface area contributed by atoms with Crippen molar-refractivity contribution < 1.29 is 18.8 Å². The molecule has 0 atom stereocenters. The molecule has 1 aliphatic rings. The lowest BCUT2D eigenvalue weighted by atomic mass is 9.90. The van der Waals surface area contributed by atoms with Crippen LogP contribution in [0.1, 0.15) is 98.9 Å². The fourth-order valence-corrected chi connectivity index (χ4v) is 7.71. The molecule has 13 nitrogen and oxygen atoms in total. The number of rotatable bonds is 4. The molecule has 1 saturated heterocycles. The first kappa shape index (κ1) is 61.9. The van der Waals surface area contributed by atoms with Crippen molar-refractivity contribution in [3.8, 4) is 11.1 Å². The first-order chi connectivity index (χ1) is 30.8. The van der Waals surface area contributed by atoms with Crippen molar-refractivity contribution in [1.29, 1.82) is 0 Å². The molecule has 0 aliphatic carbocycles. The van der Waals surface area contributed by atoms with E-state index in [0.29, 0.717) is 17.3 Å². The topological polar surface area (TPSA) is 172 Å². The number of ether oxygens (including phenoxy) is 1. The van der Waals surface area contributed by atoms with Gasteiger partial charge in [0.1, 0.15) is 28.5 Å². The smallest absolute Gasteiger partial charge is 0.443 e. The molecule has 1 radical (unpaired) electrons. The number of anilines is 2. The number of nitrogens with one attached hydrogen (secondary N) is 1. The lowest BCUT2D eigenvalue weighted by Crippen LogP contribution is -2.41. The highest BCUT2D eigenvalue weighted by molar-refractivity contribution is 14.1. The number of halogens is 2. The number of benzene rings is 2. The van der Waals surface area contributed by atoms with Crippen molar-refractivity contribution in [3.05, 3.63) is 118 Å². The van der Waals surface area contributed by atoms with Crippen LogP contribution < -0.4 is 11.5 Å². The number of nitrogens with zero attached hydrogens (tertiary/aromatic N) is 6. The quantitative estimate of drug-likeness (QED) is 0.113. The van der Waals surface area contributed by atoms with E-state index < -0.39 is 11.7 Å². The van der Waals surface area contributed by atoms with Crippen molar-refractivity contribution in [2.45, 2.75) is 116 Å². The fraction of sp³-hybridized carbons (Fsp3) is 0.377. The van der Waals surface area contributed by atoms with Gasteiger partial charge >= 0.3 is 13.8 Å². The largest absolute Gasteiger partial charge is 0.488 e. The van der Waals surface area contributed by atoms with Gasteiger partial charge in [0, 0.05) is 59.9 Å². The number of aromatic nitrogens is 6. The predicted octanol–water partition coefficient (Wildman–Crippen LogP) is 14.4. The van der Waals surface area contributed by atoms with Crippen LogP contribution in [0.25, 0.3) is 55.0 Å². The molecule has 1 fully saturated rings. The molecule has 0 amide bonds. The number of hydrogen-bond acceptors (Lipinski definition) is 11. The molecule has 0 bridgehead atoms. The SMILES string of the molecule is C.C.C.C.CC(C)(C)OC(=O)n1cc(I)c2cccnc21.CC1(C)O[B]OC1(C)C.CCN(CC)CC.Nc1cc(-c2c[nH]c3ncccc23)c2ccccc2n1.Nc1cc(Br)c2ccccc2n1. The van der Waals surface area contributed by atoms with E-state index in [4.69, 9.17) is 25.5 Å². The molecule has 0 spiro atoms. The summed E-state index contributed by atoms with van der Waals surface area (Å²) in [6.07, 6.45) is 6.76. The van der Waals surface area contributed by atoms with E-state index in [1.54, 1.807) is 18.6 Å². The van der Waals surface area contributed by atoms with Gasteiger partial charge in [0.05, 0.1) is 22.2 Å². The molecule has 8 aromatic rings. The Morgan fingerprint density at radius 2 is 1.25 bits per heavy atom. The van der Waals surface area contributed by atoms with Crippen LogP contribution in [0.2, 0.25) is 0 Å². The zero-order valence-corrected chi connectivity index (χ0v) is 42.6. The van der Waals surface area contributed by atoms with Gasteiger partial charge < -0.3 is 35.4 Å². The standard InChI is InChI=1S/C16H12N4.C12H13IN2O2.C9H7BrN2.C6H12BO2.C6H15N.4CH4/c17-15-8-12(10-4-1-2-6-14(10)20-15)13-9-19-16-11(13)5-3-7-18-16;1-12(2,3)17-11(16)15-7-9(13)8-5-4-6-14-10(8)15;10-7-5-9(11)12-8-4-2-1-3-6(7)8;1-5(2)6(3,4)9-7-8-5;1-4-7(5-2)6-3;;;;/h1-9H,(H2,17,20)(H,18,19);4-7H,1-3H3;1-5H,(H2,11,12);1-4H3;4-6H2,1-3H3;4*1H4. The molecule has 373 valence electrons. The third-order valence-corrected chi connectivity index (χ3v) is 12.3. The zero-order chi connectivity index (χ0) is 47.5. The minimum atomic E-state index is -0.506. The summed E-state index contributed by atoms with van der Waals surface area (Å²) in [5, 5.41) is 4.22. The van der Waals surface area contributed by atoms with E-state index in [2.05, 4.69) is 101 Å². The molecule has 2 aromatic carbocycles. The third kappa shape index (κ3) is 16.2. The van der Waals surface area contributed by atoms with E-state index in [1.165, 1.54) is 31.9 Å².